The maximum Gasteiger partial charge on any atom is 0.0382 e. The average molecular weight is 297 g/mol. The van der Waals surface area contributed by atoms with Crippen molar-refractivity contribution in [2.24, 2.45) is 5.73 Å². The number of rotatable bonds is 2. The molecule has 0 spiro atoms. The Balaban J connectivity index is 2.32. The fraction of sp³-hybridized carbons (Fsp3) is 0.571. The second kappa shape index (κ2) is 4.62. The van der Waals surface area contributed by atoms with Crippen molar-refractivity contribution in [3.63, 3.8) is 0 Å². The van der Waals surface area contributed by atoms with Gasteiger partial charge >= 0.3 is 0 Å². The molecular weight excluding hydrogens is 276 g/mol. The van der Waals surface area contributed by atoms with Gasteiger partial charge in [0.25, 0.3) is 0 Å². The van der Waals surface area contributed by atoms with Crippen LogP contribution in [0, 0.1) is 0 Å². The van der Waals surface area contributed by atoms with Gasteiger partial charge in [-0.1, -0.05) is 22.0 Å². The summed E-state index contributed by atoms with van der Waals surface area (Å²) in [4.78, 5) is 2.49. The summed E-state index contributed by atoms with van der Waals surface area (Å²) in [6, 6.07) is 6.60. The molecule has 1 aliphatic rings. The van der Waals surface area contributed by atoms with Crippen molar-refractivity contribution in [2.75, 3.05) is 11.4 Å². The van der Waals surface area contributed by atoms with Crippen LogP contribution in [0.2, 0.25) is 0 Å². The second-order valence-electron chi connectivity index (χ2n) is 5.56. The van der Waals surface area contributed by atoms with Gasteiger partial charge in [0.2, 0.25) is 0 Å². The van der Waals surface area contributed by atoms with E-state index in [-0.39, 0.29) is 11.6 Å². The van der Waals surface area contributed by atoms with Crippen LogP contribution in [-0.2, 0) is 0 Å². The first-order valence-corrected chi connectivity index (χ1v) is 7.04. The fourth-order valence-electron chi connectivity index (χ4n) is 2.64. The zero-order valence-electron chi connectivity index (χ0n) is 10.8. The van der Waals surface area contributed by atoms with Gasteiger partial charge in [-0.25, -0.2) is 0 Å². The summed E-state index contributed by atoms with van der Waals surface area (Å²) in [5.74, 6) is 0. The van der Waals surface area contributed by atoms with Gasteiger partial charge in [0.1, 0.15) is 0 Å². The summed E-state index contributed by atoms with van der Waals surface area (Å²) in [5.41, 5.74) is 8.67. The van der Waals surface area contributed by atoms with Crippen LogP contribution in [0.1, 0.15) is 45.2 Å². The molecule has 0 amide bonds. The van der Waals surface area contributed by atoms with Gasteiger partial charge in [0.05, 0.1) is 0 Å². The molecule has 0 saturated carbocycles. The van der Waals surface area contributed by atoms with Crippen molar-refractivity contribution in [1.82, 2.24) is 0 Å². The number of halogens is 1. The highest BCUT2D eigenvalue weighted by Crippen LogP contribution is 2.36. The van der Waals surface area contributed by atoms with E-state index in [2.05, 4.69) is 52.9 Å². The van der Waals surface area contributed by atoms with E-state index in [1.54, 1.807) is 0 Å². The molecular formula is C14H21BrN2. The van der Waals surface area contributed by atoms with Crippen molar-refractivity contribution in [3.05, 3.63) is 28.2 Å². The minimum absolute atomic E-state index is 0.0741. The van der Waals surface area contributed by atoms with E-state index in [1.807, 2.05) is 6.92 Å². The Morgan fingerprint density at radius 3 is 2.59 bits per heavy atom. The summed E-state index contributed by atoms with van der Waals surface area (Å²) < 4.78 is 1.12. The first kappa shape index (κ1) is 12.9. The van der Waals surface area contributed by atoms with E-state index in [0.29, 0.717) is 0 Å². The van der Waals surface area contributed by atoms with E-state index < -0.39 is 0 Å². The first-order valence-electron chi connectivity index (χ1n) is 6.24. The van der Waals surface area contributed by atoms with E-state index in [1.165, 1.54) is 24.1 Å². The van der Waals surface area contributed by atoms with Crippen molar-refractivity contribution in [1.29, 1.82) is 0 Å². The van der Waals surface area contributed by atoms with Crippen LogP contribution in [0.4, 0.5) is 5.69 Å². The van der Waals surface area contributed by atoms with Crippen molar-refractivity contribution < 1.29 is 0 Å². The Labute approximate surface area is 112 Å². The van der Waals surface area contributed by atoms with Crippen LogP contribution in [0.15, 0.2) is 22.7 Å². The van der Waals surface area contributed by atoms with Crippen molar-refractivity contribution >= 4 is 21.6 Å². The summed E-state index contributed by atoms with van der Waals surface area (Å²) >= 11 is 3.63. The number of nitrogens with zero attached hydrogens (tertiary/aromatic N) is 1. The molecule has 1 fully saturated rings. The molecule has 0 aliphatic carbocycles. The largest absolute Gasteiger partial charge is 0.366 e. The molecule has 2 rings (SSSR count). The lowest BCUT2D eigenvalue weighted by Crippen LogP contribution is -2.38. The van der Waals surface area contributed by atoms with Crippen LogP contribution in [0.5, 0.6) is 0 Å². The molecule has 0 bridgehead atoms. The standard InChI is InChI=1S/C14H21BrN2/c1-10(16)12-6-5-11(9-13(12)15)17-8-4-7-14(17,2)3/h5-6,9-10H,4,7-8,16H2,1-3H3/t10-/m0/s1. The van der Waals surface area contributed by atoms with Gasteiger partial charge in [-0.3, -0.25) is 0 Å². The van der Waals surface area contributed by atoms with E-state index in [0.717, 1.165) is 11.0 Å². The maximum atomic E-state index is 5.93. The van der Waals surface area contributed by atoms with E-state index in [4.69, 9.17) is 5.73 Å². The lowest BCUT2D eigenvalue weighted by Gasteiger charge is -2.34. The summed E-state index contributed by atoms with van der Waals surface area (Å²) in [6.45, 7) is 7.79. The van der Waals surface area contributed by atoms with Crippen LogP contribution in [0.3, 0.4) is 0 Å². The Bertz CT molecular complexity index is 413. The minimum atomic E-state index is 0.0741. The van der Waals surface area contributed by atoms with E-state index >= 15 is 0 Å². The van der Waals surface area contributed by atoms with Gasteiger partial charge in [-0.2, -0.15) is 0 Å². The molecule has 17 heavy (non-hydrogen) atoms. The molecule has 1 aromatic rings. The van der Waals surface area contributed by atoms with E-state index in [9.17, 15) is 0 Å². The molecule has 3 heteroatoms. The van der Waals surface area contributed by atoms with Crippen LogP contribution in [-0.4, -0.2) is 12.1 Å². The number of anilines is 1. The molecule has 0 aromatic heterocycles. The maximum absolute atomic E-state index is 5.93. The molecule has 1 saturated heterocycles. The SMILES string of the molecule is C[C@H](N)c1ccc(N2CCCC2(C)C)cc1Br. The summed E-state index contributed by atoms with van der Waals surface area (Å²) in [6.07, 6.45) is 2.54. The average Bonchev–Trinajstić information content (AvgIpc) is 2.57. The zero-order chi connectivity index (χ0) is 12.6. The number of hydrogen-bond donors (Lipinski definition) is 1. The first-order chi connectivity index (χ1) is 7.92. The highest BCUT2D eigenvalue weighted by Gasteiger charge is 2.32. The zero-order valence-corrected chi connectivity index (χ0v) is 12.4. The van der Waals surface area contributed by atoms with Gasteiger partial charge in [-0.15, -0.1) is 0 Å². The van der Waals surface area contributed by atoms with Gasteiger partial charge in [-0.05, 0) is 51.3 Å². The van der Waals surface area contributed by atoms with Crippen LogP contribution < -0.4 is 10.6 Å². The normalized spacial score (nSPS) is 20.6. The summed E-state index contributed by atoms with van der Waals surface area (Å²) in [5, 5.41) is 0. The highest BCUT2D eigenvalue weighted by molar-refractivity contribution is 9.10. The smallest absolute Gasteiger partial charge is 0.0382 e. The van der Waals surface area contributed by atoms with Gasteiger partial charge < -0.3 is 10.6 Å². The Morgan fingerprint density at radius 1 is 1.41 bits per heavy atom. The van der Waals surface area contributed by atoms with Crippen LogP contribution >= 0.6 is 15.9 Å². The highest BCUT2D eigenvalue weighted by atomic mass is 79.9. The fourth-order valence-corrected chi connectivity index (χ4v) is 3.37. The predicted octanol–water partition coefficient (Wildman–Crippen LogP) is 3.85. The van der Waals surface area contributed by atoms with Crippen molar-refractivity contribution in [3.8, 4) is 0 Å². The molecule has 2 nitrogen and oxygen atoms in total. The topological polar surface area (TPSA) is 29.3 Å². The molecule has 94 valence electrons. The van der Waals surface area contributed by atoms with Gasteiger partial charge in [0, 0.05) is 28.3 Å². The number of nitrogens with two attached hydrogens (primary N) is 1. The third-order valence-corrected chi connectivity index (χ3v) is 4.37. The quantitative estimate of drug-likeness (QED) is 0.898. The Kier molecular flexibility index (Phi) is 3.50. The monoisotopic (exact) mass is 296 g/mol. The predicted molar refractivity (Wildman–Crippen MR) is 77.4 cm³/mol. The third-order valence-electron chi connectivity index (χ3n) is 3.69. The number of hydrogen-bond acceptors (Lipinski definition) is 2. The molecule has 1 aliphatic heterocycles. The second-order valence-corrected chi connectivity index (χ2v) is 6.42. The molecule has 2 N–H and O–H groups in total. The lowest BCUT2D eigenvalue weighted by atomic mass is 10.0. The Morgan fingerprint density at radius 2 is 2.12 bits per heavy atom. The Hall–Kier alpha value is -0.540. The lowest BCUT2D eigenvalue weighted by molar-refractivity contribution is 0.518. The molecule has 0 unspecified atom stereocenters. The number of benzene rings is 1. The minimum Gasteiger partial charge on any atom is -0.366 e. The molecule has 1 atom stereocenters. The van der Waals surface area contributed by atoms with Crippen molar-refractivity contribution in [2.45, 2.75) is 45.2 Å². The third kappa shape index (κ3) is 2.50. The van der Waals surface area contributed by atoms with Gasteiger partial charge in [0.15, 0.2) is 0 Å². The van der Waals surface area contributed by atoms with Crippen LogP contribution in [0.25, 0.3) is 0 Å². The molecule has 1 aromatic carbocycles. The molecule has 0 radical (unpaired) electrons. The summed E-state index contributed by atoms with van der Waals surface area (Å²) in [7, 11) is 0. The molecule has 1 heterocycles.